The zero-order valence-electron chi connectivity index (χ0n) is 10.6. The number of aryl methyl sites for hydroxylation is 1. The molecule has 1 aromatic carbocycles. The van der Waals surface area contributed by atoms with Gasteiger partial charge in [0.05, 0.1) is 12.2 Å². The van der Waals surface area contributed by atoms with E-state index in [4.69, 9.17) is 5.84 Å². The molecule has 0 aliphatic heterocycles. The number of nitrogens with zero attached hydrogens (tertiary/aromatic N) is 1. The van der Waals surface area contributed by atoms with Crippen LogP contribution < -0.4 is 11.3 Å². The largest absolute Gasteiger partial charge is 0.271 e. The number of benzene rings is 1. The monoisotopic (exact) mass is 277 g/mol. The molecular weight excluding hydrogens is 261 g/mol. The van der Waals surface area contributed by atoms with Crippen LogP contribution in [0.3, 0.4) is 0 Å². The third-order valence-corrected chi connectivity index (χ3v) is 3.82. The van der Waals surface area contributed by atoms with E-state index in [0.29, 0.717) is 5.75 Å². The Kier molecular flexibility index (Phi) is 4.90. The Labute approximate surface area is 116 Å². The van der Waals surface area contributed by atoms with Crippen LogP contribution in [-0.2, 0) is 0 Å². The van der Waals surface area contributed by atoms with Gasteiger partial charge in [0.2, 0.25) is 0 Å². The van der Waals surface area contributed by atoms with E-state index in [0.717, 1.165) is 5.56 Å². The third kappa shape index (κ3) is 4.02. The van der Waals surface area contributed by atoms with Crippen LogP contribution in [-0.4, -0.2) is 10.7 Å². The molecule has 5 heteroatoms. The molecule has 3 nitrogen and oxygen atoms in total. The van der Waals surface area contributed by atoms with E-state index in [2.05, 4.69) is 35.5 Å². The molecule has 1 aromatic heterocycles. The van der Waals surface area contributed by atoms with Crippen molar-refractivity contribution in [2.24, 2.45) is 5.84 Å². The lowest BCUT2D eigenvalue weighted by Gasteiger charge is -2.15. The van der Waals surface area contributed by atoms with Crippen molar-refractivity contribution < 1.29 is 4.39 Å². The molecule has 3 N–H and O–H groups in total. The second kappa shape index (κ2) is 6.65. The summed E-state index contributed by atoms with van der Waals surface area (Å²) in [6.07, 6.45) is 2.81. The van der Waals surface area contributed by atoms with E-state index < -0.39 is 0 Å². The fourth-order valence-corrected chi connectivity index (χ4v) is 2.84. The van der Waals surface area contributed by atoms with Gasteiger partial charge in [-0.2, -0.15) is 0 Å². The summed E-state index contributed by atoms with van der Waals surface area (Å²) < 4.78 is 13.1. The van der Waals surface area contributed by atoms with Crippen molar-refractivity contribution >= 4 is 11.8 Å². The average molecular weight is 277 g/mol. The number of hydrazine groups is 1. The first-order chi connectivity index (χ1) is 9.19. The molecule has 0 aliphatic carbocycles. The van der Waals surface area contributed by atoms with Gasteiger partial charge in [0.15, 0.2) is 0 Å². The summed E-state index contributed by atoms with van der Waals surface area (Å²) in [6, 6.07) is 9.56. The Morgan fingerprint density at radius 3 is 2.89 bits per heavy atom. The zero-order chi connectivity index (χ0) is 13.7. The lowest BCUT2D eigenvalue weighted by atomic mass is 10.1. The fraction of sp³-hybridized carbons (Fsp3) is 0.214. The Balaban J connectivity index is 2.04. The second-order valence-electron chi connectivity index (χ2n) is 4.28. The van der Waals surface area contributed by atoms with Gasteiger partial charge in [-0.3, -0.25) is 16.3 Å². The molecule has 0 bridgehead atoms. The lowest BCUT2D eigenvalue weighted by Crippen LogP contribution is -2.29. The molecule has 2 rings (SSSR count). The average Bonchev–Trinajstić information content (AvgIpc) is 2.40. The van der Waals surface area contributed by atoms with E-state index in [9.17, 15) is 4.39 Å². The van der Waals surface area contributed by atoms with Gasteiger partial charge in [-0.1, -0.05) is 17.7 Å². The van der Waals surface area contributed by atoms with Crippen molar-refractivity contribution in [3.8, 4) is 0 Å². The number of halogens is 1. The first kappa shape index (κ1) is 14.0. The number of aromatic nitrogens is 1. The van der Waals surface area contributed by atoms with Crippen molar-refractivity contribution in [1.29, 1.82) is 0 Å². The van der Waals surface area contributed by atoms with Crippen LogP contribution in [0.1, 0.15) is 17.2 Å². The standard InChI is InChI=1S/C14H16FN3S/c1-10-3-2-4-13(5-10)19-9-14(18-16)11-6-12(15)8-17-7-11/h2-8,14,18H,9,16H2,1H3. The number of rotatable bonds is 5. The van der Waals surface area contributed by atoms with E-state index in [-0.39, 0.29) is 11.9 Å². The van der Waals surface area contributed by atoms with Crippen molar-refractivity contribution in [2.45, 2.75) is 17.9 Å². The normalized spacial score (nSPS) is 12.4. The summed E-state index contributed by atoms with van der Waals surface area (Å²) in [5, 5.41) is 0. The van der Waals surface area contributed by atoms with Crippen LogP contribution in [0.15, 0.2) is 47.6 Å². The van der Waals surface area contributed by atoms with E-state index in [1.165, 1.54) is 22.7 Å². The number of hydrogen-bond donors (Lipinski definition) is 2. The van der Waals surface area contributed by atoms with Gasteiger partial charge in [-0.05, 0) is 30.7 Å². The molecule has 1 unspecified atom stereocenters. The molecule has 19 heavy (non-hydrogen) atoms. The molecule has 1 atom stereocenters. The third-order valence-electron chi connectivity index (χ3n) is 2.74. The molecule has 0 spiro atoms. The smallest absolute Gasteiger partial charge is 0.141 e. The van der Waals surface area contributed by atoms with Crippen molar-refractivity contribution in [3.63, 3.8) is 0 Å². The van der Waals surface area contributed by atoms with E-state index >= 15 is 0 Å². The highest BCUT2D eigenvalue weighted by Gasteiger charge is 2.11. The van der Waals surface area contributed by atoms with E-state index in [1.54, 1.807) is 18.0 Å². The highest BCUT2D eigenvalue weighted by atomic mass is 32.2. The number of hydrogen-bond acceptors (Lipinski definition) is 4. The first-order valence-electron chi connectivity index (χ1n) is 5.95. The summed E-state index contributed by atoms with van der Waals surface area (Å²) in [5.41, 5.74) is 4.67. The predicted molar refractivity (Wildman–Crippen MR) is 76.2 cm³/mol. The Bertz CT molecular complexity index is 548. The molecule has 0 saturated carbocycles. The summed E-state index contributed by atoms with van der Waals surface area (Å²) in [4.78, 5) is 5.01. The maximum Gasteiger partial charge on any atom is 0.141 e. The molecule has 0 fully saturated rings. The molecular formula is C14H16FN3S. The van der Waals surface area contributed by atoms with Crippen molar-refractivity contribution in [1.82, 2.24) is 10.4 Å². The SMILES string of the molecule is Cc1cccc(SCC(NN)c2cncc(F)c2)c1. The summed E-state index contributed by atoms with van der Waals surface area (Å²) in [6.45, 7) is 2.05. The predicted octanol–water partition coefficient (Wildman–Crippen LogP) is 2.83. The lowest BCUT2D eigenvalue weighted by molar-refractivity contribution is 0.585. The number of nitrogens with two attached hydrogens (primary N) is 1. The van der Waals surface area contributed by atoms with Gasteiger partial charge in [0, 0.05) is 16.8 Å². The number of pyridine rings is 1. The van der Waals surface area contributed by atoms with Gasteiger partial charge in [0.1, 0.15) is 5.82 Å². The molecule has 0 amide bonds. The minimum Gasteiger partial charge on any atom is -0.271 e. The first-order valence-corrected chi connectivity index (χ1v) is 6.93. The van der Waals surface area contributed by atoms with Crippen LogP contribution >= 0.6 is 11.8 Å². The quantitative estimate of drug-likeness (QED) is 0.501. The maximum absolute atomic E-state index is 13.1. The Morgan fingerprint density at radius 1 is 1.37 bits per heavy atom. The van der Waals surface area contributed by atoms with Gasteiger partial charge in [-0.25, -0.2) is 4.39 Å². The van der Waals surface area contributed by atoms with Crippen LogP contribution in [0.2, 0.25) is 0 Å². The second-order valence-corrected chi connectivity index (χ2v) is 5.38. The topological polar surface area (TPSA) is 50.9 Å². The minimum absolute atomic E-state index is 0.131. The van der Waals surface area contributed by atoms with Crippen LogP contribution in [0, 0.1) is 12.7 Å². The van der Waals surface area contributed by atoms with Gasteiger partial charge in [0.25, 0.3) is 0 Å². The molecule has 0 radical (unpaired) electrons. The molecule has 0 aliphatic rings. The van der Waals surface area contributed by atoms with Crippen molar-refractivity contribution in [3.05, 3.63) is 59.7 Å². The highest BCUT2D eigenvalue weighted by molar-refractivity contribution is 7.99. The molecule has 1 heterocycles. The molecule has 100 valence electrons. The molecule has 2 aromatic rings. The molecule has 0 saturated heterocycles. The Hall–Kier alpha value is -1.43. The van der Waals surface area contributed by atoms with E-state index in [1.807, 2.05) is 6.07 Å². The van der Waals surface area contributed by atoms with Gasteiger partial charge >= 0.3 is 0 Å². The van der Waals surface area contributed by atoms with Crippen LogP contribution in [0.4, 0.5) is 4.39 Å². The Morgan fingerprint density at radius 2 is 2.21 bits per heavy atom. The van der Waals surface area contributed by atoms with Gasteiger partial charge < -0.3 is 0 Å². The summed E-state index contributed by atoms with van der Waals surface area (Å²) >= 11 is 1.68. The fourth-order valence-electron chi connectivity index (χ4n) is 1.74. The summed E-state index contributed by atoms with van der Waals surface area (Å²) in [5.74, 6) is 5.90. The zero-order valence-corrected chi connectivity index (χ0v) is 11.5. The van der Waals surface area contributed by atoms with Crippen molar-refractivity contribution in [2.75, 3.05) is 5.75 Å². The van der Waals surface area contributed by atoms with Crippen LogP contribution in [0.25, 0.3) is 0 Å². The van der Waals surface area contributed by atoms with Crippen LogP contribution in [0.5, 0.6) is 0 Å². The van der Waals surface area contributed by atoms with Gasteiger partial charge in [-0.15, -0.1) is 11.8 Å². The summed E-state index contributed by atoms with van der Waals surface area (Å²) in [7, 11) is 0. The maximum atomic E-state index is 13.1. The number of nitrogens with one attached hydrogen (secondary N) is 1. The minimum atomic E-state index is -0.349. The highest BCUT2D eigenvalue weighted by Crippen LogP contribution is 2.24. The number of thioether (sulfide) groups is 1.